The Balaban J connectivity index is 1.80. The minimum Gasteiger partial charge on any atom is -0.507 e. The van der Waals surface area contributed by atoms with Gasteiger partial charge in [-0.1, -0.05) is 12.1 Å². The number of likely N-dealkylation sites (tertiary alicyclic amines) is 1. The molecule has 180 valence electrons. The van der Waals surface area contributed by atoms with Crippen LogP contribution < -0.4 is 4.74 Å². The van der Waals surface area contributed by atoms with E-state index >= 15 is 0 Å². The smallest absolute Gasteiger partial charge is 0.295 e. The second-order valence-corrected chi connectivity index (χ2v) is 8.68. The average Bonchev–Trinajstić information content (AvgIpc) is 3.10. The lowest BCUT2D eigenvalue weighted by Gasteiger charge is -2.31. The van der Waals surface area contributed by atoms with Crippen molar-refractivity contribution in [3.63, 3.8) is 0 Å². The van der Waals surface area contributed by atoms with E-state index in [1.54, 1.807) is 43.5 Å². The third-order valence-corrected chi connectivity index (χ3v) is 6.58. The molecule has 2 N–H and O–H groups in total. The Morgan fingerprint density at radius 3 is 2.50 bits per heavy atom. The summed E-state index contributed by atoms with van der Waals surface area (Å²) in [6.07, 6.45) is 0. The Bertz CT molecular complexity index is 1140. The fourth-order valence-electron chi connectivity index (χ4n) is 4.48. The van der Waals surface area contributed by atoms with Gasteiger partial charge in [-0.05, 0) is 54.8 Å². The quantitative estimate of drug-likeness (QED) is 0.384. The number of Topliss-reactive ketones (excluding diaryl/α,β-unsaturated/α-hetero) is 1. The highest BCUT2D eigenvalue weighted by Crippen LogP contribution is 2.41. The van der Waals surface area contributed by atoms with Gasteiger partial charge < -0.3 is 24.6 Å². The van der Waals surface area contributed by atoms with Crippen molar-refractivity contribution in [2.75, 3.05) is 46.5 Å². The van der Waals surface area contributed by atoms with Crippen molar-refractivity contribution in [1.29, 1.82) is 0 Å². The number of phenolic OH excluding ortho intramolecular Hbond substituents is 1. The van der Waals surface area contributed by atoms with E-state index in [1.807, 2.05) is 13.8 Å². The van der Waals surface area contributed by atoms with Crippen molar-refractivity contribution >= 4 is 17.4 Å². The highest BCUT2D eigenvalue weighted by atomic mass is 16.5. The van der Waals surface area contributed by atoms with Gasteiger partial charge in [0, 0.05) is 26.2 Å². The number of methoxy groups -OCH3 is 1. The zero-order chi connectivity index (χ0) is 24.4. The highest BCUT2D eigenvalue weighted by Gasteiger charge is 2.46. The number of hydrogen-bond donors (Lipinski definition) is 2. The number of morpholine rings is 1. The van der Waals surface area contributed by atoms with Crippen molar-refractivity contribution in [3.05, 3.63) is 64.2 Å². The average molecular weight is 467 g/mol. The Labute approximate surface area is 199 Å². The number of phenols is 1. The minimum absolute atomic E-state index is 0.0428. The first-order valence-electron chi connectivity index (χ1n) is 11.3. The third kappa shape index (κ3) is 4.51. The summed E-state index contributed by atoms with van der Waals surface area (Å²) in [5, 5.41) is 21.8. The summed E-state index contributed by atoms with van der Waals surface area (Å²) in [5.74, 6) is -1.41. The number of benzene rings is 2. The number of hydrogen-bond acceptors (Lipinski definition) is 7. The zero-order valence-electron chi connectivity index (χ0n) is 19.7. The van der Waals surface area contributed by atoms with Crippen LogP contribution in [0.4, 0.5) is 0 Å². The van der Waals surface area contributed by atoms with Crippen LogP contribution >= 0.6 is 0 Å². The summed E-state index contributed by atoms with van der Waals surface area (Å²) in [5.41, 5.74) is 2.43. The van der Waals surface area contributed by atoms with Crippen LogP contribution in [0, 0.1) is 13.8 Å². The maximum Gasteiger partial charge on any atom is 0.295 e. The molecule has 8 heteroatoms. The van der Waals surface area contributed by atoms with Crippen molar-refractivity contribution in [2.24, 2.45) is 0 Å². The first-order chi connectivity index (χ1) is 16.3. The fourth-order valence-corrected chi connectivity index (χ4v) is 4.48. The number of aromatic hydroxyl groups is 1. The van der Waals surface area contributed by atoms with E-state index in [9.17, 15) is 19.8 Å². The molecular weight excluding hydrogens is 436 g/mol. The lowest BCUT2D eigenvalue weighted by Crippen LogP contribution is -2.42. The summed E-state index contributed by atoms with van der Waals surface area (Å²) in [7, 11) is 1.54. The summed E-state index contributed by atoms with van der Waals surface area (Å²) >= 11 is 0. The monoisotopic (exact) mass is 466 g/mol. The van der Waals surface area contributed by atoms with Gasteiger partial charge in [-0.25, -0.2) is 0 Å². The van der Waals surface area contributed by atoms with Crippen molar-refractivity contribution in [2.45, 2.75) is 19.9 Å². The Morgan fingerprint density at radius 1 is 1.09 bits per heavy atom. The van der Waals surface area contributed by atoms with E-state index in [4.69, 9.17) is 9.47 Å². The molecule has 2 heterocycles. The number of ketones is 1. The number of aliphatic hydroxyl groups excluding tert-OH is 1. The van der Waals surface area contributed by atoms with Gasteiger partial charge in [-0.2, -0.15) is 0 Å². The van der Waals surface area contributed by atoms with Gasteiger partial charge >= 0.3 is 0 Å². The Morgan fingerprint density at radius 2 is 1.79 bits per heavy atom. The predicted molar refractivity (Wildman–Crippen MR) is 127 cm³/mol. The summed E-state index contributed by atoms with van der Waals surface area (Å²) in [4.78, 5) is 30.1. The summed E-state index contributed by atoms with van der Waals surface area (Å²) in [6, 6.07) is 9.48. The lowest BCUT2D eigenvalue weighted by molar-refractivity contribution is -0.140. The molecule has 0 aliphatic carbocycles. The molecule has 0 radical (unpaired) electrons. The molecule has 0 aromatic heterocycles. The molecule has 0 spiro atoms. The molecule has 2 saturated heterocycles. The molecule has 2 aromatic rings. The molecule has 8 nitrogen and oxygen atoms in total. The lowest BCUT2D eigenvalue weighted by atomic mass is 9.93. The van der Waals surface area contributed by atoms with Crippen LogP contribution in [0.3, 0.4) is 0 Å². The van der Waals surface area contributed by atoms with Gasteiger partial charge in [0.25, 0.3) is 11.7 Å². The normalized spacial score (nSPS) is 20.7. The number of rotatable bonds is 6. The zero-order valence-corrected chi connectivity index (χ0v) is 19.7. The van der Waals surface area contributed by atoms with E-state index < -0.39 is 17.7 Å². The van der Waals surface area contributed by atoms with Gasteiger partial charge in [0.1, 0.15) is 17.3 Å². The van der Waals surface area contributed by atoms with Crippen molar-refractivity contribution < 1.29 is 29.3 Å². The molecule has 2 aromatic carbocycles. The number of carbonyl (C=O) groups is 2. The second kappa shape index (κ2) is 9.87. The number of ether oxygens (including phenoxy) is 2. The van der Waals surface area contributed by atoms with Crippen LogP contribution in [-0.2, 0) is 14.3 Å². The van der Waals surface area contributed by atoms with Gasteiger partial charge in [0.05, 0.1) is 37.5 Å². The molecule has 0 saturated carbocycles. The highest BCUT2D eigenvalue weighted by molar-refractivity contribution is 6.46. The van der Waals surface area contributed by atoms with E-state index in [0.717, 1.165) is 24.2 Å². The van der Waals surface area contributed by atoms with Gasteiger partial charge in [0.15, 0.2) is 0 Å². The van der Waals surface area contributed by atoms with E-state index in [1.165, 1.54) is 4.90 Å². The SMILES string of the molecule is COc1cccc(C2C(=C(O)c3cc(C)c(C)cc3O)C(=O)C(=O)N2CCN2CCOCC2)c1. The summed E-state index contributed by atoms with van der Waals surface area (Å²) in [6.45, 7) is 7.35. The van der Waals surface area contributed by atoms with Crippen molar-refractivity contribution in [3.8, 4) is 11.5 Å². The number of amides is 1. The third-order valence-electron chi connectivity index (χ3n) is 6.58. The van der Waals surface area contributed by atoms with Crippen LogP contribution in [0.25, 0.3) is 5.76 Å². The van der Waals surface area contributed by atoms with E-state index in [-0.39, 0.29) is 22.6 Å². The summed E-state index contributed by atoms with van der Waals surface area (Å²) < 4.78 is 10.8. The van der Waals surface area contributed by atoms with Gasteiger partial charge in [0.2, 0.25) is 0 Å². The molecule has 1 amide bonds. The molecule has 1 unspecified atom stereocenters. The standard InChI is InChI=1S/C26H30N2O6/c1-16-13-20(21(29)14-17(16)2)24(30)22-23(18-5-4-6-19(15-18)33-3)28(26(32)25(22)31)8-7-27-9-11-34-12-10-27/h4-6,13-15,23,29-30H,7-12H2,1-3H3. The first-order valence-corrected chi connectivity index (χ1v) is 11.3. The van der Waals surface area contributed by atoms with Crippen LogP contribution in [-0.4, -0.2) is 78.2 Å². The molecule has 1 atom stereocenters. The number of nitrogens with zero attached hydrogens (tertiary/aromatic N) is 2. The Hall–Kier alpha value is -3.36. The maximum absolute atomic E-state index is 13.2. The number of aliphatic hydroxyl groups is 1. The molecule has 2 fully saturated rings. The van der Waals surface area contributed by atoms with Crippen LogP contribution in [0.15, 0.2) is 42.0 Å². The first kappa shape index (κ1) is 23.8. The topological polar surface area (TPSA) is 99.5 Å². The maximum atomic E-state index is 13.2. The molecule has 2 aliphatic heterocycles. The largest absolute Gasteiger partial charge is 0.507 e. The van der Waals surface area contributed by atoms with Crippen LogP contribution in [0.5, 0.6) is 11.5 Å². The molecule has 4 rings (SSSR count). The van der Waals surface area contributed by atoms with E-state index in [0.29, 0.717) is 37.6 Å². The predicted octanol–water partition coefficient (Wildman–Crippen LogP) is 2.77. The second-order valence-electron chi connectivity index (χ2n) is 8.68. The van der Waals surface area contributed by atoms with Crippen molar-refractivity contribution in [1.82, 2.24) is 9.80 Å². The molecule has 0 bridgehead atoms. The molecular formula is C26H30N2O6. The fraction of sp³-hybridized carbons (Fsp3) is 0.385. The Kier molecular flexibility index (Phi) is 6.90. The number of carbonyl (C=O) groups excluding carboxylic acids is 2. The number of aryl methyl sites for hydroxylation is 2. The minimum atomic E-state index is -0.808. The van der Waals surface area contributed by atoms with Crippen LogP contribution in [0.2, 0.25) is 0 Å². The van der Waals surface area contributed by atoms with Crippen LogP contribution in [0.1, 0.15) is 28.3 Å². The molecule has 34 heavy (non-hydrogen) atoms. The van der Waals surface area contributed by atoms with Gasteiger partial charge in [-0.15, -0.1) is 0 Å². The molecule has 2 aliphatic rings. The van der Waals surface area contributed by atoms with Gasteiger partial charge in [-0.3, -0.25) is 14.5 Å². The van der Waals surface area contributed by atoms with E-state index in [2.05, 4.69) is 4.90 Å².